The number of pyridine rings is 1. The van der Waals surface area contributed by atoms with Crippen molar-refractivity contribution in [2.75, 3.05) is 18.4 Å². The molecule has 1 aromatic carbocycles. The van der Waals surface area contributed by atoms with E-state index in [9.17, 15) is 9.59 Å². The van der Waals surface area contributed by atoms with Gasteiger partial charge >= 0.3 is 6.09 Å². The smallest absolute Gasteiger partial charge is 0.410 e. The third kappa shape index (κ3) is 6.79. The molecule has 1 fully saturated rings. The summed E-state index contributed by atoms with van der Waals surface area (Å²) in [6.45, 7) is 6.80. The van der Waals surface area contributed by atoms with Gasteiger partial charge in [0.05, 0.1) is 11.3 Å². The topological polar surface area (TPSA) is 83.9 Å². The SMILES string of the molecule is CC(C)(C)OC(=O)N1CCC(C=Nc2ccc(Cl)cc2C(=O)Nc2ccccn2)CC1. The van der Waals surface area contributed by atoms with Gasteiger partial charge in [0, 0.05) is 30.5 Å². The molecule has 1 aliphatic heterocycles. The summed E-state index contributed by atoms with van der Waals surface area (Å²) in [5.74, 6) is 0.339. The molecular formula is C23H27ClN4O3. The van der Waals surface area contributed by atoms with E-state index in [-0.39, 0.29) is 17.9 Å². The maximum Gasteiger partial charge on any atom is 0.410 e. The first-order chi connectivity index (χ1) is 14.7. The van der Waals surface area contributed by atoms with Gasteiger partial charge in [0.25, 0.3) is 5.91 Å². The second-order valence-corrected chi connectivity index (χ2v) is 8.85. The highest BCUT2D eigenvalue weighted by Crippen LogP contribution is 2.26. The first kappa shape index (κ1) is 22.7. The van der Waals surface area contributed by atoms with Crippen molar-refractivity contribution in [2.45, 2.75) is 39.2 Å². The fourth-order valence-corrected chi connectivity index (χ4v) is 3.34. The van der Waals surface area contributed by atoms with E-state index in [0.717, 1.165) is 12.8 Å². The van der Waals surface area contributed by atoms with Gasteiger partial charge < -0.3 is 15.0 Å². The molecule has 0 saturated carbocycles. The van der Waals surface area contributed by atoms with E-state index in [1.54, 1.807) is 47.5 Å². The molecule has 2 amide bonds. The molecular weight excluding hydrogens is 416 g/mol. The molecule has 8 heteroatoms. The number of carbonyl (C=O) groups excluding carboxylic acids is 2. The molecule has 1 aromatic heterocycles. The number of rotatable bonds is 4. The quantitative estimate of drug-likeness (QED) is 0.648. The van der Waals surface area contributed by atoms with Gasteiger partial charge in [-0.1, -0.05) is 17.7 Å². The van der Waals surface area contributed by atoms with Crippen molar-refractivity contribution >= 4 is 41.3 Å². The summed E-state index contributed by atoms with van der Waals surface area (Å²) in [6.07, 6.45) is 4.75. The van der Waals surface area contributed by atoms with Gasteiger partial charge in [0.15, 0.2) is 0 Å². The van der Waals surface area contributed by atoms with Crippen molar-refractivity contribution in [3.8, 4) is 0 Å². The van der Waals surface area contributed by atoms with Gasteiger partial charge in [-0.15, -0.1) is 0 Å². The van der Waals surface area contributed by atoms with Crippen molar-refractivity contribution in [2.24, 2.45) is 10.9 Å². The van der Waals surface area contributed by atoms with E-state index < -0.39 is 5.60 Å². The molecule has 1 saturated heterocycles. The van der Waals surface area contributed by atoms with Crippen molar-refractivity contribution < 1.29 is 14.3 Å². The molecule has 1 N–H and O–H groups in total. The minimum Gasteiger partial charge on any atom is -0.444 e. The van der Waals surface area contributed by atoms with Crippen molar-refractivity contribution in [1.29, 1.82) is 0 Å². The zero-order chi connectivity index (χ0) is 22.4. The average Bonchev–Trinajstić information content (AvgIpc) is 2.72. The van der Waals surface area contributed by atoms with Gasteiger partial charge in [0.1, 0.15) is 11.4 Å². The third-order valence-electron chi connectivity index (χ3n) is 4.73. The van der Waals surface area contributed by atoms with Crippen LogP contribution < -0.4 is 5.32 Å². The van der Waals surface area contributed by atoms with Crippen LogP contribution in [0.1, 0.15) is 44.0 Å². The van der Waals surface area contributed by atoms with Gasteiger partial charge in [-0.3, -0.25) is 9.79 Å². The van der Waals surface area contributed by atoms with Crippen LogP contribution in [0.25, 0.3) is 0 Å². The summed E-state index contributed by atoms with van der Waals surface area (Å²) in [6, 6.07) is 10.3. The highest BCUT2D eigenvalue weighted by molar-refractivity contribution is 6.31. The Hall–Kier alpha value is -2.93. The van der Waals surface area contributed by atoms with Crippen LogP contribution in [0.4, 0.5) is 16.3 Å². The highest BCUT2D eigenvalue weighted by Gasteiger charge is 2.26. The highest BCUT2D eigenvalue weighted by atomic mass is 35.5. The summed E-state index contributed by atoms with van der Waals surface area (Å²) in [5.41, 5.74) is 0.406. The predicted molar refractivity (Wildman–Crippen MR) is 122 cm³/mol. The number of nitrogens with zero attached hydrogens (tertiary/aromatic N) is 3. The third-order valence-corrected chi connectivity index (χ3v) is 4.96. The number of anilines is 1. The number of benzene rings is 1. The molecule has 0 atom stereocenters. The molecule has 0 radical (unpaired) electrons. The van der Waals surface area contributed by atoms with Crippen LogP contribution in [-0.2, 0) is 4.74 Å². The van der Waals surface area contributed by atoms with Crippen LogP contribution in [0.2, 0.25) is 5.02 Å². The number of piperidine rings is 1. The summed E-state index contributed by atoms with van der Waals surface area (Å²) < 4.78 is 5.44. The van der Waals surface area contributed by atoms with Crippen LogP contribution in [0.3, 0.4) is 0 Å². The second kappa shape index (κ2) is 9.92. The number of aromatic nitrogens is 1. The normalized spacial score (nSPS) is 15.2. The number of amides is 2. The summed E-state index contributed by atoms with van der Waals surface area (Å²) in [4.78, 5) is 35.3. The van der Waals surface area contributed by atoms with E-state index in [4.69, 9.17) is 16.3 Å². The Morgan fingerprint density at radius 3 is 2.61 bits per heavy atom. The van der Waals surface area contributed by atoms with Crippen molar-refractivity contribution in [3.63, 3.8) is 0 Å². The van der Waals surface area contributed by atoms with Crippen LogP contribution in [-0.4, -0.2) is 46.8 Å². The predicted octanol–water partition coefficient (Wildman–Crippen LogP) is 5.34. The number of nitrogens with one attached hydrogen (secondary N) is 1. The number of halogens is 1. The first-order valence-electron chi connectivity index (χ1n) is 10.3. The van der Waals surface area contributed by atoms with Gasteiger partial charge in [-0.25, -0.2) is 9.78 Å². The lowest BCUT2D eigenvalue weighted by Gasteiger charge is -2.32. The summed E-state index contributed by atoms with van der Waals surface area (Å²) in [7, 11) is 0. The maximum absolute atomic E-state index is 12.7. The number of carbonyl (C=O) groups is 2. The van der Waals surface area contributed by atoms with E-state index in [1.807, 2.05) is 27.0 Å². The Bertz CT molecular complexity index is 949. The van der Waals surface area contributed by atoms with E-state index in [1.165, 1.54) is 0 Å². The van der Waals surface area contributed by atoms with Gasteiger partial charge in [-0.2, -0.15) is 0 Å². The van der Waals surface area contributed by atoms with Crippen LogP contribution >= 0.6 is 11.6 Å². The molecule has 2 aromatic rings. The average molecular weight is 443 g/mol. The maximum atomic E-state index is 12.7. The first-order valence-corrected chi connectivity index (χ1v) is 10.6. The molecule has 0 bridgehead atoms. The zero-order valence-corrected chi connectivity index (χ0v) is 18.7. The monoisotopic (exact) mass is 442 g/mol. The Kier molecular flexibility index (Phi) is 7.28. The molecule has 1 aliphatic rings. The van der Waals surface area contributed by atoms with Crippen LogP contribution in [0, 0.1) is 5.92 Å². The largest absolute Gasteiger partial charge is 0.444 e. The van der Waals surface area contributed by atoms with Crippen LogP contribution in [0.5, 0.6) is 0 Å². The number of ether oxygens (including phenoxy) is 1. The minimum absolute atomic E-state index is 0.209. The number of likely N-dealkylation sites (tertiary alicyclic amines) is 1. The second-order valence-electron chi connectivity index (χ2n) is 8.41. The van der Waals surface area contributed by atoms with E-state index in [2.05, 4.69) is 15.3 Å². The molecule has 31 heavy (non-hydrogen) atoms. The Labute approximate surface area is 187 Å². The molecule has 0 unspecified atom stereocenters. The minimum atomic E-state index is -0.504. The van der Waals surface area contributed by atoms with Gasteiger partial charge in [0.2, 0.25) is 0 Å². The standard InChI is InChI=1S/C23H27ClN4O3/c1-23(2,3)31-22(30)28-12-9-16(10-13-28)15-26-19-8-7-17(24)14-18(19)21(29)27-20-6-4-5-11-25-20/h4-8,11,14-16H,9-10,12-13H2,1-3H3,(H,25,27,29). The fourth-order valence-electron chi connectivity index (χ4n) is 3.17. The molecule has 0 aliphatic carbocycles. The Balaban J connectivity index is 1.64. The fraction of sp³-hybridized carbons (Fsp3) is 0.391. The molecule has 7 nitrogen and oxygen atoms in total. The number of hydrogen-bond donors (Lipinski definition) is 1. The molecule has 2 heterocycles. The van der Waals surface area contributed by atoms with Crippen molar-refractivity contribution in [3.05, 3.63) is 53.2 Å². The lowest BCUT2D eigenvalue weighted by Crippen LogP contribution is -2.41. The lowest BCUT2D eigenvalue weighted by molar-refractivity contribution is 0.0203. The van der Waals surface area contributed by atoms with Crippen molar-refractivity contribution in [1.82, 2.24) is 9.88 Å². The summed E-state index contributed by atoms with van der Waals surface area (Å²) in [5, 5.41) is 3.21. The molecule has 3 rings (SSSR count). The molecule has 0 spiro atoms. The molecule has 164 valence electrons. The number of aliphatic imine (C=N–C) groups is 1. The van der Waals surface area contributed by atoms with E-state index in [0.29, 0.717) is 35.2 Å². The Morgan fingerprint density at radius 1 is 1.23 bits per heavy atom. The Morgan fingerprint density at radius 2 is 1.97 bits per heavy atom. The summed E-state index contributed by atoms with van der Waals surface area (Å²) >= 11 is 6.11. The lowest BCUT2D eigenvalue weighted by atomic mass is 9.98. The number of hydrogen-bond acceptors (Lipinski definition) is 5. The van der Waals surface area contributed by atoms with Crippen LogP contribution in [0.15, 0.2) is 47.6 Å². The van der Waals surface area contributed by atoms with E-state index >= 15 is 0 Å². The zero-order valence-electron chi connectivity index (χ0n) is 18.0. The van der Waals surface area contributed by atoms with Gasteiger partial charge in [-0.05, 0) is 69.9 Å².